The summed E-state index contributed by atoms with van der Waals surface area (Å²) >= 11 is 0. The Kier molecular flexibility index (Phi) is 4.03. The van der Waals surface area contributed by atoms with Gasteiger partial charge in [-0.3, -0.25) is 14.3 Å². The Morgan fingerprint density at radius 2 is 1.96 bits per heavy atom. The second kappa shape index (κ2) is 6.52. The van der Waals surface area contributed by atoms with Gasteiger partial charge in [0.05, 0.1) is 28.5 Å². The molecule has 0 aliphatic carbocycles. The van der Waals surface area contributed by atoms with Crippen LogP contribution in [-0.2, 0) is 16.1 Å². The molecule has 3 aromatic heterocycles. The van der Waals surface area contributed by atoms with E-state index in [2.05, 4.69) is 20.5 Å². The molecule has 0 unspecified atom stereocenters. The van der Waals surface area contributed by atoms with Crippen molar-refractivity contribution < 1.29 is 14.7 Å². The summed E-state index contributed by atoms with van der Waals surface area (Å²) in [5.74, 6) is -1.53. The van der Waals surface area contributed by atoms with Crippen LogP contribution in [0.3, 0.4) is 0 Å². The lowest BCUT2D eigenvalue weighted by atomic mass is 10.2. The van der Waals surface area contributed by atoms with Crippen LogP contribution in [0.25, 0.3) is 27.6 Å². The molecule has 2 N–H and O–H groups in total. The van der Waals surface area contributed by atoms with Gasteiger partial charge >= 0.3 is 5.97 Å². The first-order chi connectivity index (χ1) is 13.0. The lowest BCUT2D eigenvalue weighted by Crippen LogP contribution is -2.32. The van der Waals surface area contributed by atoms with Crippen molar-refractivity contribution in [2.45, 2.75) is 13.5 Å². The summed E-state index contributed by atoms with van der Waals surface area (Å²) in [6.45, 7) is 1.36. The average Bonchev–Trinajstić information content (AvgIpc) is 3.22. The molecule has 4 aromatic rings. The predicted octanol–water partition coefficient (Wildman–Crippen LogP) is 1.28. The number of nitrogens with one attached hydrogen (secondary N) is 1. The first-order valence-corrected chi connectivity index (χ1v) is 8.28. The van der Waals surface area contributed by atoms with Gasteiger partial charge in [-0.05, 0) is 19.1 Å². The zero-order valence-corrected chi connectivity index (χ0v) is 14.5. The maximum absolute atomic E-state index is 12.0. The van der Waals surface area contributed by atoms with E-state index in [0.717, 1.165) is 27.7 Å². The van der Waals surface area contributed by atoms with E-state index in [1.165, 1.54) is 0 Å². The zero-order chi connectivity index (χ0) is 19.0. The Bertz CT molecular complexity index is 1160. The number of para-hydroxylation sites is 1. The van der Waals surface area contributed by atoms with Crippen LogP contribution in [0.4, 0.5) is 0 Å². The molecular formula is C18H16N6O3. The summed E-state index contributed by atoms with van der Waals surface area (Å²) < 4.78 is 3.30. The van der Waals surface area contributed by atoms with E-state index >= 15 is 0 Å². The fourth-order valence-corrected chi connectivity index (χ4v) is 3.05. The lowest BCUT2D eigenvalue weighted by molar-refractivity contribution is -0.138. The molecule has 0 saturated carbocycles. The van der Waals surface area contributed by atoms with Gasteiger partial charge in [0.25, 0.3) is 0 Å². The van der Waals surface area contributed by atoms with Gasteiger partial charge in [0, 0.05) is 11.6 Å². The molecule has 1 amide bonds. The van der Waals surface area contributed by atoms with E-state index in [-0.39, 0.29) is 6.54 Å². The van der Waals surface area contributed by atoms with Gasteiger partial charge in [0.15, 0.2) is 5.65 Å². The molecule has 0 radical (unpaired) electrons. The minimum Gasteiger partial charge on any atom is -0.480 e. The molecule has 0 fully saturated rings. The van der Waals surface area contributed by atoms with Crippen LogP contribution < -0.4 is 5.32 Å². The third-order valence-electron chi connectivity index (χ3n) is 4.20. The highest BCUT2D eigenvalue weighted by atomic mass is 16.4. The van der Waals surface area contributed by atoms with E-state index in [0.29, 0.717) is 5.65 Å². The minimum atomic E-state index is -1.10. The number of carboxylic acids is 1. The number of nitrogens with zero attached hydrogens (tertiary/aromatic N) is 5. The highest BCUT2D eigenvalue weighted by Gasteiger charge is 2.18. The first kappa shape index (κ1) is 16.7. The summed E-state index contributed by atoms with van der Waals surface area (Å²) in [5.41, 5.74) is 3.05. The van der Waals surface area contributed by atoms with Gasteiger partial charge in [-0.2, -0.15) is 10.2 Å². The summed E-state index contributed by atoms with van der Waals surface area (Å²) in [5, 5.41) is 21.5. The van der Waals surface area contributed by atoms with E-state index in [1.807, 2.05) is 37.3 Å². The summed E-state index contributed by atoms with van der Waals surface area (Å²) in [6, 6.07) is 9.66. The van der Waals surface area contributed by atoms with E-state index in [1.54, 1.807) is 21.8 Å². The normalized spacial score (nSPS) is 11.1. The number of aromatic nitrogens is 5. The molecule has 3 heterocycles. The number of rotatable bonds is 5. The van der Waals surface area contributed by atoms with Crippen LogP contribution >= 0.6 is 0 Å². The third-order valence-corrected chi connectivity index (χ3v) is 4.20. The number of aryl methyl sites for hydroxylation is 1. The first-order valence-electron chi connectivity index (χ1n) is 8.28. The number of fused-ring (bicyclic) bond motifs is 3. The van der Waals surface area contributed by atoms with Gasteiger partial charge in [0.2, 0.25) is 5.91 Å². The van der Waals surface area contributed by atoms with Crippen molar-refractivity contribution >= 4 is 33.8 Å². The number of amides is 1. The fourth-order valence-electron chi connectivity index (χ4n) is 3.05. The van der Waals surface area contributed by atoms with Crippen LogP contribution in [0.5, 0.6) is 0 Å². The monoisotopic (exact) mass is 364 g/mol. The molecule has 0 spiro atoms. The van der Waals surface area contributed by atoms with Crippen molar-refractivity contribution in [2.24, 2.45) is 0 Å². The predicted molar refractivity (Wildman–Crippen MR) is 97.5 cm³/mol. The minimum absolute atomic E-state index is 0.0914. The average molecular weight is 364 g/mol. The Morgan fingerprint density at radius 3 is 2.70 bits per heavy atom. The van der Waals surface area contributed by atoms with E-state index in [4.69, 9.17) is 5.11 Å². The number of hydrogen-bond donors (Lipinski definition) is 2. The number of benzene rings is 1. The maximum Gasteiger partial charge on any atom is 0.322 e. The zero-order valence-electron chi connectivity index (χ0n) is 14.5. The third kappa shape index (κ3) is 2.99. The van der Waals surface area contributed by atoms with Crippen molar-refractivity contribution in [2.75, 3.05) is 6.54 Å². The maximum atomic E-state index is 12.0. The highest BCUT2D eigenvalue weighted by molar-refractivity contribution is 6.04. The molecular weight excluding hydrogens is 348 g/mol. The van der Waals surface area contributed by atoms with Gasteiger partial charge in [-0.15, -0.1) is 0 Å². The molecule has 0 aliphatic heterocycles. The molecule has 1 aromatic carbocycles. The topological polar surface area (TPSA) is 115 Å². The summed E-state index contributed by atoms with van der Waals surface area (Å²) in [4.78, 5) is 27.2. The Labute approximate surface area is 153 Å². The molecule has 4 rings (SSSR count). The SMILES string of the molecule is Cc1nn(-c2ccccc2)c2ncc3cnn(CC(=O)NCC(=O)O)c3c12. The Balaban J connectivity index is 1.82. The molecule has 136 valence electrons. The van der Waals surface area contributed by atoms with E-state index in [9.17, 15) is 9.59 Å². The van der Waals surface area contributed by atoms with Gasteiger partial charge < -0.3 is 10.4 Å². The van der Waals surface area contributed by atoms with Gasteiger partial charge in [-0.1, -0.05) is 18.2 Å². The quantitative estimate of drug-likeness (QED) is 0.551. The lowest BCUT2D eigenvalue weighted by Gasteiger charge is -2.06. The number of carbonyl (C=O) groups excluding carboxylic acids is 1. The van der Waals surface area contributed by atoms with Crippen molar-refractivity contribution in [3.8, 4) is 5.69 Å². The molecule has 27 heavy (non-hydrogen) atoms. The van der Waals surface area contributed by atoms with Crippen LogP contribution in [-0.4, -0.2) is 48.1 Å². The van der Waals surface area contributed by atoms with Crippen LogP contribution in [0, 0.1) is 6.92 Å². The highest BCUT2D eigenvalue weighted by Crippen LogP contribution is 2.27. The Hall–Kier alpha value is -3.75. The van der Waals surface area contributed by atoms with Crippen LogP contribution in [0.2, 0.25) is 0 Å². The Morgan fingerprint density at radius 1 is 1.19 bits per heavy atom. The number of carboxylic acid groups (broad SMARTS) is 1. The van der Waals surface area contributed by atoms with Gasteiger partial charge in [-0.25, -0.2) is 9.67 Å². The van der Waals surface area contributed by atoms with Crippen molar-refractivity contribution in [3.63, 3.8) is 0 Å². The molecule has 0 bridgehead atoms. The summed E-state index contributed by atoms with van der Waals surface area (Å²) in [7, 11) is 0. The fraction of sp³-hybridized carbons (Fsp3) is 0.167. The van der Waals surface area contributed by atoms with Crippen molar-refractivity contribution in [1.29, 1.82) is 0 Å². The molecule has 0 atom stereocenters. The van der Waals surface area contributed by atoms with E-state index < -0.39 is 18.4 Å². The largest absolute Gasteiger partial charge is 0.480 e. The molecule has 9 nitrogen and oxygen atoms in total. The number of pyridine rings is 1. The summed E-state index contributed by atoms with van der Waals surface area (Å²) in [6.07, 6.45) is 3.32. The molecule has 9 heteroatoms. The van der Waals surface area contributed by atoms with Crippen LogP contribution in [0.15, 0.2) is 42.7 Å². The standard InChI is InChI=1S/C18H16N6O3/c1-11-16-17-12(8-21-23(17)10-14(25)19-9-15(26)27)7-20-18(16)24(22-11)13-5-3-2-4-6-13/h2-8H,9-10H2,1H3,(H,19,25)(H,26,27). The number of hydrogen-bond acceptors (Lipinski definition) is 5. The van der Waals surface area contributed by atoms with Gasteiger partial charge in [0.1, 0.15) is 13.1 Å². The second-order valence-electron chi connectivity index (χ2n) is 6.07. The second-order valence-corrected chi connectivity index (χ2v) is 6.07. The molecule has 0 saturated heterocycles. The smallest absolute Gasteiger partial charge is 0.322 e. The van der Waals surface area contributed by atoms with Crippen molar-refractivity contribution in [3.05, 3.63) is 48.4 Å². The van der Waals surface area contributed by atoms with Crippen LogP contribution in [0.1, 0.15) is 5.69 Å². The number of aliphatic carboxylic acids is 1. The number of carbonyl (C=O) groups is 2. The molecule has 0 aliphatic rings. The van der Waals surface area contributed by atoms with Crippen molar-refractivity contribution in [1.82, 2.24) is 29.9 Å².